The molecule has 1 aromatic rings. The van der Waals surface area contributed by atoms with Gasteiger partial charge in [0.15, 0.2) is 29.8 Å². The van der Waals surface area contributed by atoms with E-state index in [2.05, 4.69) is 0 Å². The Morgan fingerprint density at radius 2 is 1.88 bits per heavy atom. The largest absolute Gasteiger partial charge is 0.504 e. The van der Waals surface area contributed by atoms with Gasteiger partial charge in [-0.25, -0.2) is 9.59 Å². The second-order valence-electron chi connectivity index (χ2n) is 9.70. The quantitative estimate of drug-likeness (QED) is 0.489. The molecule has 4 aliphatic rings. The lowest BCUT2D eigenvalue weighted by Gasteiger charge is -2.59. The maximum Gasteiger partial charge on any atom is 0.352 e. The van der Waals surface area contributed by atoms with E-state index in [1.807, 2.05) is 6.07 Å². The van der Waals surface area contributed by atoms with Crippen molar-refractivity contribution in [1.82, 2.24) is 0 Å². The van der Waals surface area contributed by atoms with E-state index >= 15 is 0 Å². The second kappa shape index (κ2) is 7.73. The summed E-state index contributed by atoms with van der Waals surface area (Å²) in [7, 11) is 0. The summed E-state index contributed by atoms with van der Waals surface area (Å²) >= 11 is 0. The summed E-state index contributed by atoms with van der Waals surface area (Å²) in [5.41, 5.74) is -0.0486. The molecule has 1 aromatic carbocycles. The minimum atomic E-state index is -1.26. The highest BCUT2D eigenvalue weighted by atomic mass is 16.6. The minimum Gasteiger partial charge on any atom is -0.504 e. The van der Waals surface area contributed by atoms with Crippen molar-refractivity contribution in [3.63, 3.8) is 0 Å². The molecule has 1 fully saturated rings. The average Bonchev–Trinajstić information content (AvgIpc) is 3.12. The number of ether oxygens (including phenoxy) is 4. The number of phenolic OH excluding ortho intramolecular Hbond substituents is 1. The Bertz CT molecular complexity index is 1110. The number of hydrogen-bond acceptors (Lipinski definition) is 9. The molecule has 182 valence electrons. The van der Waals surface area contributed by atoms with E-state index in [1.54, 1.807) is 12.1 Å². The van der Waals surface area contributed by atoms with Crippen LogP contribution in [0.15, 0.2) is 24.0 Å². The summed E-state index contributed by atoms with van der Waals surface area (Å²) in [4.78, 5) is 36.0. The third-order valence-electron chi connectivity index (χ3n) is 7.78. The van der Waals surface area contributed by atoms with Crippen LogP contribution in [0, 0.1) is 5.92 Å². The molecule has 1 aliphatic heterocycles. The number of rotatable bonds is 5. The van der Waals surface area contributed by atoms with Gasteiger partial charge in [-0.3, -0.25) is 4.79 Å². The standard InChI is InChI=1S/C25H28O9/c1-12(31-14(3)26)22(28)32-13(2)23(29)33-18-8-10-25(30)16-5-4-9-24(25)19-15(11-16)6-7-17(27)20(19)34-21(18)24/h6-8,12-13,16,21,27,30H,4-5,9-11H2,1-3H3/t12-,13-,16+,21-,24?,25+/m0/s1. The Morgan fingerprint density at radius 1 is 1.15 bits per heavy atom. The molecule has 5 rings (SSSR count). The third-order valence-corrected chi connectivity index (χ3v) is 7.78. The molecule has 0 amide bonds. The molecule has 3 aliphatic carbocycles. The van der Waals surface area contributed by atoms with Gasteiger partial charge in [-0.1, -0.05) is 12.5 Å². The van der Waals surface area contributed by atoms with Crippen LogP contribution >= 0.6 is 0 Å². The van der Waals surface area contributed by atoms with Crippen molar-refractivity contribution in [2.45, 2.75) is 82.2 Å². The van der Waals surface area contributed by atoms with E-state index in [4.69, 9.17) is 18.9 Å². The normalized spacial score (nSPS) is 31.8. The average molecular weight is 472 g/mol. The van der Waals surface area contributed by atoms with Crippen LogP contribution in [0.4, 0.5) is 0 Å². The molecule has 2 N–H and O–H groups in total. The van der Waals surface area contributed by atoms with Gasteiger partial charge in [0.1, 0.15) is 5.76 Å². The van der Waals surface area contributed by atoms with Gasteiger partial charge < -0.3 is 29.2 Å². The molecule has 0 saturated heterocycles. The van der Waals surface area contributed by atoms with Crippen molar-refractivity contribution < 1.29 is 43.5 Å². The zero-order valence-corrected chi connectivity index (χ0v) is 19.3. The summed E-state index contributed by atoms with van der Waals surface area (Å²) in [6.07, 6.45) is 1.84. The number of carbonyl (C=O) groups excluding carboxylic acids is 3. The molecule has 1 spiro atoms. The Morgan fingerprint density at radius 3 is 2.62 bits per heavy atom. The highest BCUT2D eigenvalue weighted by Crippen LogP contribution is 2.67. The van der Waals surface area contributed by atoms with E-state index in [-0.39, 0.29) is 23.8 Å². The fourth-order valence-electron chi connectivity index (χ4n) is 6.35. The Hall–Kier alpha value is -3.07. The Kier molecular flexibility index (Phi) is 5.16. The zero-order chi connectivity index (χ0) is 24.4. The molecule has 1 unspecified atom stereocenters. The maximum atomic E-state index is 12.8. The van der Waals surface area contributed by atoms with Gasteiger partial charge in [0.25, 0.3) is 0 Å². The lowest BCUT2D eigenvalue weighted by atomic mass is 9.47. The van der Waals surface area contributed by atoms with Gasteiger partial charge in [-0.05, 0) is 63.2 Å². The van der Waals surface area contributed by atoms with Gasteiger partial charge in [0.2, 0.25) is 0 Å². The Labute approximate surface area is 196 Å². The van der Waals surface area contributed by atoms with Crippen molar-refractivity contribution in [2.75, 3.05) is 0 Å². The van der Waals surface area contributed by atoms with E-state index in [0.29, 0.717) is 18.6 Å². The van der Waals surface area contributed by atoms with Crippen LogP contribution in [0.1, 0.15) is 57.6 Å². The molecule has 6 atom stereocenters. The topological polar surface area (TPSA) is 129 Å². The van der Waals surface area contributed by atoms with Gasteiger partial charge in [-0.15, -0.1) is 0 Å². The number of phenols is 1. The van der Waals surface area contributed by atoms with Crippen molar-refractivity contribution in [3.05, 3.63) is 35.1 Å². The highest BCUT2D eigenvalue weighted by Gasteiger charge is 2.70. The fourth-order valence-corrected chi connectivity index (χ4v) is 6.35. The molecule has 34 heavy (non-hydrogen) atoms. The summed E-state index contributed by atoms with van der Waals surface area (Å²) in [5.74, 6) is -1.74. The Balaban J connectivity index is 1.41. The van der Waals surface area contributed by atoms with Crippen LogP contribution < -0.4 is 4.74 Å². The predicted molar refractivity (Wildman–Crippen MR) is 116 cm³/mol. The monoisotopic (exact) mass is 472 g/mol. The molecule has 2 bridgehead atoms. The number of esters is 3. The number of benzene rings is 1. The highest BCUT2D eigenvalue weighted by molar-refractivity contribution is 5.83. The van der Waals surface area contributed by atoms with Crippen LogP contribution in [-0.2, 0) is 40.4 Å². The minimum absolute atomic E-state index is 0.0127. The van der Waals surface area contributed by atoms with E-state index in [9.17, 15) is 24.6 Å². The zero-order valence-electron chi connectivity index (χ0n) is 19.3. The molecule has 0 aromatic heterocycles. The summed E-state index contributed by atoms with van der Waals surface area (Å²) in [6.45, 7) is 3.88. The summed E-state index contributed by atoms with van der Waals surface area (Å²) in [5, 5.41) is 22.5. The summed E-state index contributed by atoms with van der Waals surface area (Å²) < 4.78 is 21.8. The molecule has 1 saturated carbocycles. The van der Waals surface area contributed by atoms with Crippen LogP contribution in [0.3, 0.4) is 0 Å². The van der Waals surface area contributed by atoms with E-state index in [1.165, 1.54) is 20.8 Å². The SMILES string of the molecule is CC(=O)O[C@@H](C)C(=O)O[C@@H](C)C(=O)OC1=CC[C@@]2(O)[C@@H]3CCCC24c2c(ccc(O)c2O[C@@H]14)C3. The number of carbonyl (C=O) groups is 3. The number of aromatic hydroxyl groups is 1. The van der Waals surface area contributed by atoms with Crippen molar-refractivity contribution in [1.29, 1.82) is 0 Å². The smallest absolute Gasteiger partial charge is 0.352 e. The second-order valence-corrected chi connectivity index (χ2v) is 9.70. The van der Waals surface area contributed by atoms with Gasteiger partial charge in [-0.2, -0.15) is 0 Å². The van der Waals surface area contributed by atoms with Crippen molar-refractivity contribution >= 4 is 17.9 Å². The molecule has 9 nitrogen and oxygen atoms in total. The van der Waals surface area contributed by atoms with Crippen molar-refractivity contribution in [3.8, 4) is 11.5 Å². The first kappa shape index (κ1) is 22.7. The lowest BCUT2D eigenvalue weighted by Crippen LogP contribution is -2.67. The first-order chi connectivity index (χ1) is 16.1. The van der Waals surface area contributed by atoms with Crippen LogP contribution in [0.2, 0.25) is 0 Å². The van der Waals surface area contributed by atoms with Gasteiger partial charge in [0.05, 0.1) is 11.0 Å². The van der Waals surface area contributed by atoms with E-state index < -0.39 is 47.2 Å². The van der Waals surface area contributed by atoms with Crippen LogP contribution in [-0.4, -0.2) is 52.0 Å². The lowest BCUT2D eigenvalue weighted by molar-refractivity contribution is -0.178. The first-order valence-corrected chi connectivity index (χ1v) is 11.6. The van der Waals surface area contributed by atoms with Gasteiger partial charge in [0, 0.05) is 12.5 Å². The van der Waals surface area contributed by atoms with Crippen LogP contribution in [0.5, 0.6) is 11.5 Å². The number of aliphatic hydroxyl groups is 1. The van der Waals surface area contributed by atoms with Crippen molar-refractivity contribution in [2.24, 2.45) is 5.92 Å². The molecular weight excluding hydrogens is 444 g/mol. The summed E-state index contributed by atoms with van der Waals surface area (Å²) in [6, 6.07) is 3.48. The first-order valence-electron chi connectivity index (χ1n) is 11.6. The number of hydrogen-bond donors (Lipinski definition) is 2. The van der Waals surface area contributed by atoms with Crippen LogP contribution in [0.25, 0.3) is 0 Å². The molecule has 1 heterocycles. The maximum absolute atomic E-state index is 12.8. The van der Waals surface area contributed by atoms with Gasteiger partial charge >= 0.3 is 17.9 Å². The molecule has 9 heteroatoms. The molecule has 0 radical (unpaired) electrons. The fraction of sp³-hybridized carbons (Fsp3) is 0.560. The van der Waals surface area contributed by atoms with E-state index in [0.717, 1.165) is 24.0 Å². The third kappa shape index (κ3) is 3.06. The molecular formula is C25H28O9. The predicted octanol–water partition coefficient (Wildman–Crippen LogP) is 2.19.